The highest BCUT2D eigenvalue weighted by Crippen LogP contribution is 2.59. The van der Waals surface area contributed by atoms with Crippen LogP contribution in [-0.4, -0.2) is 71.8 Å². The Morgan fingerprint density at radius 3 is 2.71 bits per heavy atom. The third kappa shape index (κ3) is 4.22. The molecular weight excluding hydrogens is 484 g/mol. The van der Waals surface area contributed by atoms with E-state index < -0.39 is 35.6 Å². The maximum absolute atomic E-state index is 14.4. The van der Waals surface area contributed by atoms with Gasteiger partial charge in [0.05, 0.1) is 24.5 Å². The minimum absolute atomic E-state index is 0.125. The lowest BCUT2D eigenvalue weighted by atomic mass is 9.70. The molecule has 3 heterocycles. The van der Waals surface area contributed by atoms with Crippen molar-refractivity contribution in [1.29, 1.82) is 0 Å². The molecule has 1 spiro atoms. The Kier molecular flexibility index (Phi) is 7.36. The van der Waals surface area contributed by atoms with Crippen molar-refractivity contribution in [1.82, 2.24) is 4.90 Å². The number of ether oxygens (including phenoxy) is 2. The van der Waals surface area contributed by atoms with Crippen molar-refractivity contribution in [2.75, 3.05) is 31.2 Å². The SMILES string of the molecule is C=CCCOC(=O)[C@@H]1[C@H]2C(=O)N(CCCO)C(C(=O)N(CC=C)c3ccc4ccccc4c3)C23CC[C@H]1O3. The zero-order chi connectivity index (χ0) is 26.9. The van der Waals surface area contributed by atoms with Crippen molar-refractivity contribution in [2.45, 2.75) is 43.4 Å². The molecule has 0 saturated carbocycles. The number of carbonyl (C=O) groups is 3. The molecule has 3 aliphatic rings. The van der Waals surface area contributed by atoms with Crippen molar-refractivity contribution in [3.05, 3.63) is 67.8 Å². The molecular formula is C30H34N2O6. The Hall–Kier alpha value is -3.49. The number of esters is 1. The number of hydrogen-bond acceptors (Lipinski definition) is 6. The Morgan fingerprint density at radius 2 is 1.97 bits per heavy atom. The van der Waals surface area contributed by atoms with E-state index in [2.05, 4.69) is 13.2 Å². The predicted molar refractivity (Wildman–Crippen MR) is 143 cm³/mol. The summed E-state index contributed by atoms with van der Waals surface area (Å²) in [6, 6.07) is 12.8. The molecule has 38 heavy (non-hydrogen) atoms. The highest BCUT2D eigenvalue weighted by Gasteiger charge is 2.75. The second-order valence-electron chi connectivity index (χ2n) is 10.2. The Bertz CT molecular complexity index is 1260. The van der Waals surface area contributed by atoms with E-state index in [9.17, 15) is 19.5 Å². The molecule has 2 aromatic rings. The van der Waals surface area contributed by atoms with E-state index in [0.717, 1.165) is 10.8 Å². The first-order valence-electron chi connectivity index (χ1n) is 13.2. The lowest BCUT2D eigenvalue weighted by molar-refractivity contribution is -0.155. The molecule has 3 saturated heterocycles. The highest BCUT2D eigenvalue weighted by molar-refractivity contribution is 6.05. The molecule has 0 aliphatic carbocycles. The number of hydrogen-bond donors (Lipinski definition) is 1. The van der Waals surface area contributed by atoms with Crippen molar-refractivity contribution < 1.29 is 29.0 Å². The quantitative estimate of drug-likeness (QED) is 0.279. The summed E-state index contributed by atoms with van der Waals surface area (Å²) in [6.45, 7) is 8.00. The second kappa shape index (κ2) is 10.7. The summed E-state index contributed by atoms with van der Waals surface area (Å²) in [5.74, 6) is -2.60. The highest BCUT2D eigenvalue weighted by atomic mass is 16.6. The van der Waals surface area contributed by atoms with Crippen LogP contribution in [0.3, 0.4) is 0 Å². The maximum Gasteiger partial charge on any atom is 0.312 e. The number of aliphatic hydroxyl groups is 1. The summed E-state index contributed by atoms with van der Waals surface area (Å²) < 4.78 is 11.9. The molecule has 8 nitrogen and oxygen atoms in total. The molecule has 2 aromatic carbocycles. The van der Waals surface area contributed by atoms with Crippen molar-refractivity contribution in [3.63, 3.8) is 0 Å². The summed E-state index contributed by atoms with van der Waals surface area (Å²) in [7, 11) is 0. The lowest BCUT2D eigenvalue weighted by Gasteiger charge is -2.36. The molecule has 5 rings (SSSR count). The molecule has 1 N–H and O–H groups in total. The van der Waals surface area contributed by atoms with Gasteiger partial charge in [-0.05, 0) is 48.6 Å². The first-order valence-corrected chi connectivity index (χ1v) is 13.2. The summed E-state index contributed by atoms with van der Waals surface area (Å²) >= 11 is 0. The molecule has 2 amide bonds. The number of benzene rings is 2. The van der Waals surface area contributed by atoms with Crippen LogP contribution in [0.5, 0.6) is 0 Å². The van der Waals surface area contributed by atoms with Crippen LogP contribution in [0.25, 0.3) is 10.8 Å². The van der Waals surface area contributed by atoms with E-state index in [4.69, 9.17) is 9.47 Å². The zero-order valence-corrected chi connectivity index (χ0v) is 21.5. The topological polar surface area (TPSA) is 96.4 Å². The van der Waals surface area contributed by atoms with Crippen LogP contribution in [-0.2, 0) is 23.9 Å². The molecule has 0 radical (unpaired) electrons. The van der Waals surface area contributed by atoms with E-state index in [-0.39, 0.29) is 38.1 Å². The number of aliphatic hydroxyl groups excluding tert-OH is 1. The minimum Gasteiger partial charge on any atom is -0.465 e. The second-order valence-corrected chi connectivity index (χ2v) is 10.2. The van der Waals surface area contributed by atoms with Crippen LogP contribution in [0.4, 0.5) is 5.69 Å². The summed E-state index contributed by atoms with van der Waals surface area (Å²) in [6.07, 6.45) is 4.75. The maximum atomic E-state index is 14.4. The van der Waals surface area contributed by atoms with Gasteiger partial charge in [0.1, 0.15) is 11.6 Å². The van der Waals surface area contributed by atoms with Crippen molar-refractivity contribution in [2.24, 2.45) is 11.8 Å². The van der Waals surface area contributed by atoms with Gasteiger partial charge in [-0.3, -0.25) is 14.4 Å². The number of fused-ring (bicyclic) bond motifs is 2. The lowest BCUT2D eigenvalue weighted by Crippen LogP contribution is -2.56. The van der Waals surface area contributed by atoms with Crippen LogP contribution in [0, 0.1) is 11.8 Å². The normalized spacial score (nSPS) is 27.4. The van der Waals surface area contributed by atoms with E-state index in [1.54, 1.807) is 17.1 Å². The summed E-state index contributed by atoms with van der Waals surface area (Å²) in [5, 5.41) is 11.6. The number of carbonyl (C=O) groups excluding carboxylic acids is 3. The third-order valence-electron chi connectivity index (χ3n) is 8.05. The fourth-order valence-electron chi connectivity index (χ4n) is 6.46. The predicted octanol–water partition coefficient (Wildman–Crippen LogP) is 3.24. The van der Waals surface area contributed by atoms with Crippen LogP contribution in [0.2, 0.25) is 0 Å². The molecule has 8 heteroatoms. The number of nitrogens with zero attached hydrogens (tertiary/aromatic N) is 2. The van der Waals surface area contributed by atoms with E-state index in [0.29, 0.717) is 31.4 Å². The molecule has 2 unspecified atom stereocenters. The van der Waals surface area contributed by atoms with E-state index in [1.165, 1.54) is 4.90 Å². The van der Waals surface area contributed by atoms with E-state index in [1.807, 2.05) is 42.5 Å². The first-order chi connectivity index (χ1) is 18.5. The first kappa shape index (κ1) is 26.1. The van der Waals surface area contributed by atoms with Crippen molar-refractivity contribution >= 4 is 34.2 Å². The van der Waals surface area contributed by atoms with Gasteiger partial charge in [-0.2, -0.15) is 0 Å². The molecule has 3 fully saturated rings. The van der Waals surface area contributed by atoms with Crippen LogP contribution < -0.4 is 4.90 Å². The standard InChI is InChI=1S/C30H34N2O6/c1-3-5-18-37-29(36)24-23-13-14-30(38-23)25(24)27(34)32(16-8-17-33)26(30)28(35)31(15-4-2)22-12-11-20-9-6-7-10-21(20)19-22/h3-4,6-7,9-12,19,23-26,33H,1-2,5,8,13-18H2/t23-,24+,25+,26?,30?/m1/s1. The summed E-state index contributed by atoms with van der Waals surface area (Å²) in [5.41, 5.74) is -0.428. The largest absolute Gasteiger partial charge is 0.465 e. The number of amides is 2. The number of anilines is 1. The monoisotopic (exact) mass is 518 g/mol. The van der Waals surface area contributed by atoms with Gasteiger partial charge in [-0.1, -0.05) is 42.5 Å². The minimum atomic E-state index is -1.12. The van der Waals surface area contributed by atoms with E-state index >= 15 is 0 Å². The average molecular weight is 519 g/mol. The van der Waals surface area contributed by atoms with Gasteiger partial charge in [-0.25, -0.2) is 0 Å². The zero-order valence-electron chi connectivity index (χ0n) is 21.5. The van der Waals surface area contributed by atoms with Gasteiger partial charge in [-0.15, -0.1) is 13.2 Å². The molecule has 200 valence electrons. The Labute approximate surface area is 222 Å². The summed E-state index contributed by atoms with van der Waals surface area (Å²) in [4.78, 5) is 44.6. The van der Waals surface area contributed by atoms with Crippen molar-refractivity contribution in [3.8, 4) is 0 Å². The van der Waals surface area contributed by atoms with Gasteiger partial charge < -0.3 is 24.4 Å². The fraction of sp³-hybridized carbons (Fsp3) is 0.433. The van der Waals surface area contributed by atoms with Gasteiger partial charge >= 0.3 is 5.97 Å². The van der Waals surface area contributed by atoms with Gasteiger partial charge in [0, 0.05) is 25.4 Å². The molecule has 2 bridgehead atoms. The Morgan fingerprint density at radius 1 is 1.18 bits per heavy atom. The third-order valence-corrected chi connectivity index (χ3v) is 8.05. The van der Waals surface area contributed by atoms with Gasteiger partial charge in [0.2, 0.25) is 5.91 Å². The smallest absolute Gasteiger partial charge is 0.312 e. The number of rotatable bonds is 11. The van der Waals surface area contributed by atoms with Crippen LogP contribution >= 0.6 is 0 Å². The molecule has 3 aliphatic heterocycles. The van der Waals surface area contributed by atoms with Gasteiger partial charge in [0.15, 0.2) is 0 Å². The van der Waals surface area contributed by atoms with Crippen LogP contribution in [0.15, 0.2) is 67.8 Å². The number of likely N-dealkylation sites (tertiary alicyclic amines) is 1. The molecule has 5 atom stereocenters. The fourth-order valence-corrected chi connectivity index (χ4v) is 6.46. The average Bonchev–Trinajstić information content (AvgIpc) is 3.57. The van der Waals surface area contributed by atoms with Crippen LogP contribution in [0.1, 0.15) is 25.7 Å². The molecule has 0 aromatic heterocycles. The van der Waals surface area contributed by atoms with Gasteiger partial charge in [0.25, 0.3) is 5.91 Å². The Balaban J connectivity index is 1.52.